The van der Waals surface area contributed by atoms with Crippen LogP contribution in [0.4, 0.5) is 0 Å². The molecule has 4 aromatic rings. The second kappa shape index (κ2) is 7.96. The van der Waals surface area contributed by atoms with Gasteiger partial charge in [-0.3, -0.25) is 14.2 Å². The van der Waals surface area contributed by atoms with Crippen molar-refractivity contribution in [2.45, 2.75) is 13.1 Å². The molecule has 0 atom stereocenters. The molecule has 0 aliphatic rings. The van der Waals surface area contributed by atoms with E-state index in [4.69, 9.17) is 11.6 Å². The van der Waals surface area contributed by atoms with Gasteiger partial charge in [0.15, 0.2) is 0 Å². The van der Waals surface area contributed by atoms with Crippen LogP contribution in [0.2, 0.25) is 5.02 Å². The van der Waals surface area contributed by atoms with Gasteiger partial charge in [0.1, 0.15) is 11.2 Å². The highest BCUT2D eigenvalue weighted by Crippen LogP contribution is 2.30. The van der Waals surface area contributed by atoms with Crippen molar-refractivity contribution in [2.75, 3.05) is 0 Å². The van der Waals surface area contributed by atoms with Crippen LogP contribution in [0.15, 0.2) is 71.8 Å². The third-order valence-corrected chi connectivity index (χ3v) is 5.65. The maximum Gasteiger partial charge on any atom is 0.271 e. The van der Waals surface area contributed by atoms with Crippen LogP contribution in [0.3, 0.4) is 0 Å². The van der Waals surface area contributed by atoms with Crippen LogP contribution in [-0.2, 0) is 17.9 Å². The minimum Gasteiger partial charge on any atom is -0.350 e. The molecule has 2 heterocycles. The summed E-state index contributed by atoms with van der Waals surface area (Å²) in [6, 6.07) is 19.0. The molecular weight excluding hydrogens is 394 g/mol. The Hall–Kier alpha value is -2.96. The lowest BCUT2D eigenvalue weighted by Gasteiger charge is -2.07. The van der Waals surface area contributed by atoms with Crippen molar-refractivity contribution < 1.29 is 4.79 Å². The molecule has 1 amide bonds. The number of benzene rings is 2. The normalized spacial score (nSPS) is 10.9. The summed E-state index contributed by atoms with van der Waals surface area (Å²) in [5.41, 5.74) is 2.36. The first-order valence-electron chi connectivity index (χ1n) is 8.66. The molecule has 140 valence electrons. The first-order valence-corrected chi connectivity index (χ1v) is 9.85. The van der Waals surface area contributed by atoms with E-state index >= 15 is 0 Å². The zero-order chi connectivity index (χ0) is 19.5. The zero-order valence-electron chi connectivity index (χ0n) is 14.8. The van der Waals surface area contributed by atoms with E-state index in [1.807, 2.05) is 48.5 Å². The van der Waals surface area contributed by atoms with Crippen LogP contribution in [0.1, 0.15) is 5.56 Å². The summed E-state index contributed by atoms with van der Waals surface area (Å²) in [7, 11) is 0. The van der Waals surface area contributed by atoms with Gasteiger partial charge in [0.2, 0.25) is 5.91 Å². The Balaban J connectivity index is 1.51. The number of hydrogen-bond acceptors (Lipinski definition) is 4. The van der Waals surface area contributed by atoms with Gasteiger partial charge in [0.05, 0.1) is 11.8 Å². The summed E-state index contributed by atoms with van der Waals surface area (Å²) in [5.74, 6) is -0.261. The Bertz CT molecular complexity index is 1200. The van der Waals surface area contributed by atoms with Crippen LogP contribution in [0.5, 0.6) is 0 Å². The van der Waals surface area contributed by atoms with E-state index in [0.29, 0.717) is 21.8 Å². The number of carbonyl (C=O) groups is 1. The number of carbonyl (C=O) groups excluding carboxylic acids is 1. The predicted molar refractivity (Wildman–Crippen MR) is 113 cm³/mol. The van der Waals surface area contributed by atoms with Gasteiger partial charge in [-0.25, -0.2) is 4.98 Å². The van der Waals surface area contributed by atoms with Crippen molar-refractivity contribution in [1.29, 1.82) is 0 Å². The lowest BCUT2D eigenvalue weighted by molar-refractivity contribution is -0.121. The van der Waals surface area contributed by atoms with Crippen molar-refractivity contribution in [1.82, 2.24) is 14.9 Å². The number of nitrogens with zero attached hydrogens (tertiary/aromatic N) is 2. The molecule has 0 spiro atoms. The molecule has 2 aromatic heterocycles. The third kappa shape index (κ3) is 3.98. The Labute approximate surface area is 170 Å². The molecule has 0 bridgehead atoms. The Morgan fingerprint density at radius 2 is 1.93 bits per heavy atom. The van der Waals surface area contributed by atoms with Crippen molar-refractivity contribution >= 4 is 39.1 Å². The summed E-state index contributed by atoms with van der Waals surface area (Å²) in [4.78, 5) is 30.3. The van der Waals surface area contributed by atoms with E-state index in [1.54, 1.807) is 12.1 Å². The van der Waals surface area contributed by atoms with E-state index in [9.17, 15) is 9.59 Å². The highest BCUT2D eigenvalue weighted by molar-refractivity contribution is 7.22. The number of aromatic nitrogens is 2. The summed E-state index contributed by atoms with van der Waals surface area (Å²) in [6.07, 6.45) is 1.42. The van der Waals surface area contributed by atoms with Crippen molar-refractivity contribution in [3.05, 3.63) is 87.9 Å². The number of nitrogens with one attached hydrogen (secondary N) is 1. The van der Waals surface area contributed by atoms with Crippen molar-refractivity contribution in [3.8, 4) is 10.4 Å². The van der Waals surface area contributed by atoms with E-state index in [-0.39, 0.29) is 18.0 Å². The van der Waals surface area contributed by atoms with E-state index in [1.165, 1.54) is 22.2 Å². The second-order valence-corrected chi connectivity index (χ2v) is 7.76. The fraction of sp³-hybridized carbons (Fsp3) is 0.0952. The standard InChI is InChI=1S/C21H16ClN3O2S/c22-16-8-4-5-14(9-16)11-23-19(26)12-25-13-24-17-10-18(28-20(17)21(25)27)15-6-2-1-3-7-15/h1-10,13H,11-12H2,(H,23,26). The fourth-order valence-corrected chi connectivity index (χ4v) is 4.14. The molecule has 0 saturated carbocycles. The molecule has 7 heteroatoms. The van der Waals surface area contributed by atoms with Gasteiger partial charge in [-0.2, -0.15) is 0 Å². The molecule has 0 fully saturated rings. The van der Waals surface area contributed by atoms with E-state index in [2.05, 4.69) is 10.3 Å². The monoisotopic (exact) mass is 409 g/mol. The fourth-order valence-electron chi connectivity index (χ4n) is 2.86. The van der Waals surface area contributed by atoms with Gasteiger partial charge in [0, 0.05) is 16.4 Å². The molecule has 0 saturated heterocycles. The molecular formula is C21H16ClN3O2S. The van der Waals surface area contributed by atoms with Crippen LogP contribution in [0, 0.1) is 0 Å². The quantitative estimate of drug-likeness (QED) is 0.539. The topological polar surface area (TPSA) is 64.0 Å². The molecule has 0 aliphatic carbocycles. The Morgan fingerprint density at radius 3 is 2.71 bits per heavy atom. The lowest BCUT2D eigenvalue weighted by Crippen LogP contribution is -2.31. The number of fused-ring (bicyclic) bond motifs is 1. The van der Waals surface area contributed by atoms with Crippen LogP contribution >= 0.6 is 22.9 Å². The molecule has 5 nitrogen and oxygen atoms in total. The van der Waals surface area contributed by atoms with Crippen LogP contribution in [-0.4, -0.2) is 15.5 Å². The molecule has 0 radical (unpaired) electrons. The van der Waals surface area contributed by atoms with Gasteiger partial charge >= 0.3 is 0 Å². The molecule has 0 aliphatic heterocycles. The summed E-state index contributed by atoms with van der Waals surface area (Å²) >= 11 is 7.34. The summed E-state index contributed by atoms with van der Waals surface area (Å²) < 4.78 is 1.88. The second-order valence-electron chi connectivity index (χ2n) is 6.28. The van der Waals surface area contributed by atoms with Crippen LogP contribution < -0.4 is 10.9 Å². The van der Waals surface area contributed by atoms with Gasteiger partial charge in [-0.15, -0.1) is 11.3 Å². The number of halogens is 1. The number of rotatable bonds is 5. The minimum atomic E-state index is -0.261. The molecule has 4 rings (SSSR count). The maximum atomic E-state index is 12.8. The highest BCUT2D eigenvalue weighted by Gasteiger charge is 2.12. The average molecular weight is 410 g/mol. The molecule has 1 N–H and O–H groups in total. The Kier molecular flexibility index (Phi) is 5.23. The third-order valence-electron chi connectivity index (χ3n) is 4.25. The smallest absolute Gasteiger partial charge is 0.271 e. The first kappa shape index (κ1) is 18.4. The van der Waals surface area contributed by atoms with Crippen molar-refractivity contribution in [2.24, 2.45) is 0 Å². The van der Waals surface area contributed by atoms with E-state index < -0.39 is 0 Å². The van der Waals surface area contributed by atoms with Gasteiger partial charge in [-0.1, -0.05) is 54.1 Å². The predicted octanol–water partition coefficient (Wildman–Crippen LogP) is 4.09. The number of thiophene rings is 1. The molecule has 28 heavy (non-hydrogen) atoms. The minimum absolute atomic E-state index is 0.0824. The number of amides is 1. The summed E-state index contributed by atoms with van der Waals surface area (Å²) in [6.45, 7) is 0.266. The molecule has 2 aromatic carbocycles. The zero-order valence-corrected chi connectivity index (χ0v) is 16.3. The molecule has 0 unspecified atom stereocenters. The Morgan fingerprint density at radius 1 is 1.11 bits per heavy atom. The first-order chi connectivity index (χ1) is 13.6. The number of hydrogen-bond donors (Lipinski definition) is 1. The average Bonchev–Trinajstić information content (AvgIpc) is 3.15. The van der Waals surface area contributed by atoms with Gasteiger partial charge in [-0.05, 0) is 29.3 Å². The van der Waals surface area contributed by atoms with E-state index in [0.717, 1.165) is 16.0 Å². The van der Waals surface area contributed by atoms with Gasteiger partial charge < -0.3 is 5.32 Å². The largest absolute Gasteiger partial charge is 0.350 e. The maximum absolute atomic E-state index is 12.8. The van der Waals surface area contributed by atoms with Crippen LogP contribution in [0.25, 0.3) is 20.7 Å². The van der Waals surface area contributed by atoms with Gasteiger partial charge in [0.25, 0.3) is 5.56 Å². The highest BCUT2D eigenvalue weighted by atomic mass is 35.5. The summed E-state index contributed by atoms with van der Waals surface area (Å²) in [5, 5.41) is 3.41. The SMILES string of the molecule is O=C(Cn1cnc2cc(-c3ccccc3)sc2c1=O)NCc1cccc(Cl)c1. The lowest BCUT2D eigenvalue weighted by atomic mass is 10.2. The van der Waals surface area contributed by atoms with Crippen molar-refractivity contribution in [3.63, 3.8) is 0 Å².